The van der Waals surface area contributed by atoms with Gasteiger partial charge in [0.25, 0.3) is 0 Å². The zero-order valence-corrected chi connectivity index (χ0v) is 10.4. The van der Waals surface area contributed by atoms with Gasteiger partial charge in [-0.15, -0.1) is 0 Å². The smallest absolute Gasteiger partial charge is 0.0120 e. The van der Waals surface area contributed by atoms with Gasteiger partial charge in [-0.2, -0.15) is 0 Å². The van der Waals surface area contributed by atoms with Crippen molar-refractivity contribution in [3.63, 3.8) is 0 Å². The summed E-state index contributed by atoms with van der Waals surface area (Å²) >= 11 is 0. The number of likely N-dealkylation sites (tertiary alicyclic amines) is 1. The molecule has 2 heteroatoms. The lowest BCUT2D eigenvalue weighted by Crippen LogP contribution is -2.51. The first-order valence-electron chi connectivity index (χ1n) is 5.94. The summed E-state index contributed by atoms with van der Waals surface area (Å²) in [6.07, 6.45) is 1.30. The highest BCUT2D eigenvalue weighted by Gasteiger charge is 2.28. The Hall–Kier alpha value is -0.0800. The van der Waals surface area contributed by atoms with E-state index >= 15 is 0 Å². The molecule has 0 spiro atoms. The van der Waals surface area contributed by atoms with Crippen molar-refractivity contribution in [3.8, 4) is 0 Å². The van der Waals surface area contributed by atoms with E-state index in [1.54, 1.807) is 0 Å². The zero-order valence-electron chi connectivity index (χ0n) is 10.4. The molecule has 1 saturated heterocycles. The summed E-state index contributed by atoms with van der Waals surface area (Å²) in [5, 5.41) is 3.70. The van der Waals surface area contributed by atoms with Crippen molar-refractivity contribution >= 4 is 0 Å². The van der Waals surface area contributed by atoms with Gasteiger partial charge in [-0.1, -0.05) is 20.8 Å². The van der Waals surface area contributed by atoms with E-state index in [1.165, 1.54) is 13.0 Å². The predicted octanol–water partition coefficient (Wildman–Crippen LogP) is 1.96. The van der Waals surface area contributed by atoms with Crippen LogP contribution in [0, 0.1) is 11.8 Å². The van der Waals surface area contributed by atoms with E-state index in [9.17, 15) is 0 Å². The Labute approximate surface area is 89.1 Å². The van der Waals surface area contributed by atoms with Crippen LogP contribution in [0.2, 0.25) is 0 Å². The molecule has 0 bridgehead atoms. The fourth-order valence-corrected chi connectivity index (χ4v) is 2.21. The van der Waals surface area contributed by atoms with Gasteiger partial charge >= 0.3 is 0 Å². The van der Waals surface area contributed by atoms with Crippen molar-refractivity contribution in [3.05, 3.63) is 0 Å². The largest absolute Gasteiger partial charge is 0.313 e. The predicted molar refractivity (Wildman–Crippen MR) is 62.5 cm³/mol. The van der Waals surface area contributed by atoms with E-state index in [0.717, 1.165) is 30.5 Å². The van der Waals surface area contributed by atoms with Gasteiger partial charge in [0, 0.05) is 18.6 Å². The molecule has 1 N–H and O–H groups in total. The molecule has 0 aromatic rings. The van der Waals surface area contributed by atoms with Crippen molar-refractivity contribution in [2.45, 2.75) is 46.2 Å². The van der Waals surface area contributed by atoms with E-state index in [-0.39, 0.29) is 0 Å². The van der Waals surface area contributed by atoms with Crippen molar-refractivity contribution in [1.82, 2.24) is 10.2 Å². The third-order valence-electron chi connectivity index (χ3n) is 3.40. The topological polar surface area (TPSA) is 15.3 Å². The quantitative estimate of drug-likeness (QED) is 0.746. The number of rotatable bonds is 3. The Morgan fingerprint density at radius 3 is 2.57 bits per heavy atom. The van der Waals surface area contributed by atoms with E-state index < -0.39 is 0 Å². The Kier molecular flexibility index (Phi) is 4.39. The van der Waals surface area contributed by atoms with Gasteiger partial charge in [0.1, 0.15) is 0 Å². The summed E-state index contributed by atoms with van der Waals surface area (Å²) in [4.78, 5) is 2.47. The van der Waals surface area contributed by atoms with E-state index in [4.69, 9.17) is 0 Å². The minimum Gasteiger partial charge on any atom is -0.313 e. The molecule has 0 unspecified atom stereocenters. The molecule has 84 valence electrons. The molecule has 2 nitrogen and oxygen atoms in total. The summed E-state index contributed by atoms with van der Waals surface area (Å²) in [6.45, 7) is 11.6. The fraction of sp³-hybridized carbons (Fsp3) is 1.00. The van der Waals surface area contributed by atoms with E-state index in [2.05, 4.69) is 45.0 Å². The van der Waals surface area contributed by atoms with Crippen LogP contribution < -0.4 is 5.32 Å². The molecule has 0 radical (unpaired) electrons. The Morgan fingerprint density at radius 2 is 2.00 bits per heavy atom. The molecule has 0 aromatic carbocycles. The second-order valence-corrected chi connectivity index (χ2v) is 5.41. The van der Waals surface area contributed by atoms with Gasteiger partial charge in [-0.3, -0.25) is 0 Å². The summed E-state index contributed by atoms with van der Waals surface area (Å²) in [5.41, 5.74) is 0. The normalized spacial score (nSPS) is 35.1. The summed E-state index contributed by atoms with van der Waals surface area (Å²) < 4.78 is 0. The number of nitrogens with zero attached hydrogens (tertiary/aromatic N) is 1. The van der Waals surface area contributed by atoms with Crippen molar-refractivity contribution < 1.29 is 0 Å². The average Bonchev–Trinajstić information content (AvgIpc) is 2.09. The Morgan fingerprint density at radius 1 is 1.36 bits per heavy atom. The Balaban J connectivity index is 2.37. The monoisotopic (exact) mass is 198 g/mol. The maximum absolute atomic E-state index is 3.70. The maximum atomic E-state index is 3.70. The van der Waals surface area contributed by atoms with Crippen LogP contribution in [0.5, 0.6) is 0 Å². The average molecular weight is 198 g/mol. The molecule has 14 heavy (non-hydrogen) atoms. The zero-order chi connectivity index (χ0) is 10.7. The molecule has 1 fully saturated rings. The lowest BCUT2D eigenvalue weighted by molar-refractivity contribution is 0.120. The SMILES string of the molecule is CC(C)CN[C@@H]1C[C@H](C)N(C)C[C@@H]1C. The minimum atomic E-state index is 0.726. The first-order valence-corrected chi connectivity index (χ1v) is 5.94. The molecular formula is C12H26N2. The molecule has 1 aliphatic heterocycles. The van der Waals surface area contributed by atoms with Crippen LogP contribution in [-0.4, -0.2) is 37.1 Å². The van der Waals surface area contributed by atoms with Crippen LogP contribution in [-0.2, 0) is 0 Å². The van der Waals surface area contributed by atoms with Gasteiger partial charge in [0.15, 0.2) is 0 Å². The number of nitrogens with one attached hydrogen (secondary N) is 1. The van der Waals surface area contributed by atoms with Crippen LogP contribution in [0.15, 0.2) is 0 Å². The molecular weight excluding hydrogens is 172 g/mol. The van der Waals surface area contributed by atoms with E-state index in [0.29, 0.717) is 0 Å². The van der Waals surface area contributed by atoms with Crippen LogP contribution in [0.1, 0.15) is 34.1 Å². The number of hydrogen-bond donors (Lipinski definition) is 1. The second kappa shape index (κ2) is 5.13. The first-order chi connectivity index (χ1) is 6.50. The van der Waals surface area contributed by atoms with Gasteiger partial charge in [-0.05, 0) is 38.8 Å². The number of piperidine rings is 1. The molecule has 1 rings (SSSR count). The van der Waals surface area contributed by atoms with E-state index in [1.807, 2.05) is 0 Å². The third kappa shape index (κ3) is 3.25. The highest BCUT2D eigenvalue weighted by molar-refractivity contribution is 4.86. The van der Waals surface area contributed by atoms with Crippen LogP contribution in [0.3, 0.4) is 0 Å². The molecule has 0 aromatic heterocycles. The molecule has 1 heterocycles. The molecule has 0 amide bonds. The second-order valence-electron chi connectivity index (χ2n) is 5.41. The highest BCUT2D eigenvalue weighted by Crippen LogP contribution is 2.20. The van der Waals surface area contributed by atoms with Crippen molar-refractivity contribution in [1.29, 1.82) is 0 Å². The minimum absolute atomic E-state index is 0.726. The fourth-order valence-electron chi connectivity index (χ4n) is 2.21. The summed E-state index contributed by atoms with van der Waals surface area (Å²) in [5.74, 6) is 1.55. The van der Waals surface area contributed by atoms with Gasteiger partial charge in [0.05, 0.1) is 0 Å². The maximum Gasteiger partial charge on any atom is 0.0120 e. The lowest BCUT2D eigenvalue weighted by Gasteiger charge is -2.40. The standard InChI is InChI=1S/C12H26N2/c1-9(2)7-13-12-6-11(4)14(5)8-10(12)3/h9-13H,6-8H2,1-5H3/t10-,11-,12+/m0/s1. The van der Waals surface area contributed by atoms with Crippen LogP contribution >= 0.6 is 0 Å². The summed E-state index contributed by atoms with van der Waals surface area (Å²) in [7, 11) is 2.24. The molecule has 1 aliphatic rings. The van der Waals surface area contributed by atoms with Crippen LogP contribution in [0.4, 0.5) is 0 Å². The van der Waals surface area contributed by atoms with Crippen LogP contribution in [0.25, 0.3) is 0 Å². The molecule has 3 atom stereocenters. The first kappa shape index (κ1) is 12.0. The summed E-state index contributed by atoms with van der Waals surface area (Å²) in [6, 6.07) is 1.46. The number of hydrogen-bond acceptors (Lipinski definition) is 2. The molecule has 0 aliphatic carbocycles. The van der Waals surface area contributed by atoms with Gasteiger partial charge in [-0.25, -0.2) is 0 Å². The molecule has 0 saturated carbocycles. The highest BCUT2D eigenvalue weighted by atomic mass is 15.2. The van der Waals surface area contributed by atoms with Crippen molar-refractivity contribution in [2.24, 2.45) is 11.8 Å². The van der Waals surface area contributed by atoms with Gasteiger partial charge in [0.2, 0.25) is 0 Å². The Bertz CT molecular complexity index is 168. The van der Waals surface area contributed by atoms with Crippen molar-refractivity contribution in [2.75, 3.05) is 20.1 Å². The third-order valence-corrected chi connectivity index (χ3v) is 3.40. The van der Waals surface area contributed by atoms with Gasteiger partial charge < -0.3 is 10.2 Å². The lowest BCUT2D eigenvalue weighted by atomic mass is 9.89.